The van der Waals surface area contributed by atoms with Crippen LogP contribution in [0.2, 0.25) is 5.02 Å². The minimum absolute atomic E-state index is 0.326. The van der Waals surface area contributed by atoms with Gasteiger partial charge < -0.3 is 10.2 Å². The summed E-state index contributed by atoms with van der Waals surface area (Å²) in [6, 6.07) is 5.07. The average molecular weight is 276 g/mol. The fourth-order valence-corrected chi connectivity index (χ4v) is 3.19. The Kier molecular flexibility index (Phi) is 3.61. The lowest BCUT2D eigenvalue weighted by atomic mass is 10.2. The summed E-state index contributed by atoms with van der Waals surface area (Å²) in [7, 11) is -3.24. The number of piperazine rings is 1. The Morgan fingerprint density at radius 3 is 2.53 bits per heavy atom. The van der Waals surface area contributed by atoms with E-state index >= 15 is 0 Å². The summed E-state index contributed by atoms with van der Waals surface area (Å²) < 4.78 is 23.5. The first-order chi connectivity index (χ1) is 7.98. The molecule has 1 fully saturated rings. The number of nitrogens with two attached hydrogens (primary N) is 1. The first-order valence-corrected chi connectivity index (χ1v) is 7.81. The highest BCUT2D eigenvalue weighted by Crippen LogP contribution is 2.28. The fourth-order valence-electron chi connectivity index (χ4n) is 2.04. The van der Waals surface area contributed by atoms with Gasteiger partial charge in [-0.25, -0.2) is 8.42 Å². The van der Waals surface area contributed by atoms with Gasteiger partial charge in [0, 0.05) is 11.3 Å². The average Bonchev–Trinajstić information content (AvgIpc) is 2.29. The third kappa shape index (κ3) is 2.91. The number of benzene rings is 1. The molecule has 1 saturated heterocycles. The summed E-state index contributed by atoms with van der Waals surface area (Å²) in [6.07, 6.45) is 1.22. The standard InChI is InChI=1S/C11H15ClN2O2S/c1-17(15,16)11-8-9(12)2-3-10(11)14-6-4-13-5-7-14/h2-3,8,13H,4-7H2,1H3/p+1. The van der Waals surface area contributed by atoms with Gasteiger partial charge in [0.1, 0.15) is 0 Å². The largest absolute Gasteiger partial charge is 0.359 e. The van der Waals surface area contributed by atoms with Crippen molar-refractivity contribution in [3.63, 3.8) is 0 Å². The molecule has 1 aromatic rings. The van der Waals surface area contributed by atoms with Crippen molar-refractivity contribution >= 4 is 27.1 Å². The molecular formula is C11H16ClN2O2S+. The molecule has 6 heteroatoms. The van der Waals surface area contributed by atoms with Gasteiger partial charge in [-0.2, -0.15) is 0 Å². The van der Waals surface area contributed by atoms with Gasteiger partial charge >= 0.3 is 0 Å². The van der Waals surface area contributed by atoms with Crippen molar-refractivity contribution in [2.24, 2.45) is 0 Å². The third-order valence-electron chi connectivity index (χ3n) is 2.87. The molecule has 1 aliphatic rings. The summed E-state index contributed by atoms with van der Waals surface area (Å²) in [5.41, 5.74) is 0.769. The second-order valence-electron chi connectivity index (χ2n) is 4.24. The van der Waals surface area contributed by atoms with E-state index in [-0.39, 0.29) is 0 Å². The van der Waals surface area contributed by atoms with Crippen LogP contribution in [0.5, 0.6) is 0 Å². The molecule has 4 nitrogen and oxygen atoms in total. The molecule has 0 aromatic heterocycles. The number of hydrogen-bond donors (Lipinski definition) is 1. The van der Waals surface area contributed by atoms with E-state index in [1.54, 1.807) is 12.1 Å². The molecule has 94 valence electrons. The molecule has 0 spiro atoms. The minimum atomic E-state index is -3.24. The van der Waals surface area contributed by atoms with E-state index < -0.39 is 9.84 Å². The molecule has 2 N–H and O–H groups in total. The summed E-state index contributed by atoms with van der Waals surface area (Å²) in [6.45, 7) is 3.71. The number of anilines is 1. The van der Waals surface area contributed by atoms with Crippen LogP contribution in [0.3, 0.4) is 0 Å². The number of halogens is 1. The SMILES string of the molecule is CS(=O)(=O)c1cc(Cl)ccc1N1CC[NH2+]CC1. The highest BCUT2D eigenvalue weighted by atomic mass is 35.5. The van der Waals surface area contributed by atoms with Gasteiger partial charge in [-0.1, -0.05) is 11.6 Å². The van der Waals surface area contributed by atoms with Crippen LogP contribution in [-0.4, -0.2) is 40.9 Å². The summed E-state index contributed by atoms with van der Waals surface area (Å²) in [5, 5.41) is 2.68. The van der Waals surface area contributed by atoms with Gasteiger partial charge in [0.15, 0.2) is 9.84 Å². The van der Waals surface area contributed by atoms with E-state index in [2.05, 4.69) is 10.2 Å². The molecule has 0 radical (unpaired) electrons. The Morgan fingerprint density at radius 2 is 1.94 bits per heavy atom. The van der Waals surface area contributed by atoms with Crippen molar-refractivity contribution < 1.29 is 13.7 Å². The third-order valence-corrected chi connectivity index (χ3v) is 4.23. The van der Waals surface area contributed by atoms with Crippen molar-refractivity contribution in [1.29, 1.82) is 0 Å². The van der Waals surface area contributed by atoms with Crippen LogP contribution in [0.15, 0.2) is 23.1 Å². The van der Waals surface area contributed by atoms with Gasteiger partial charge in [0.05, 0.1) is 36.8 Å². The van der Waals surface area contributed by atoms with E-state index in [4.69, 9.17) is 11.6 Å². The van der Waals surface area contributed by atoms with E-state index in [1.807, 2.05) is 0 Å². The monoisotopic (exact) mass is 275 g/mol. The quantitative estimate of drug-likeness (QED) is 0.835. The molecule has 1 aliphatic heterocycles. The maximum absolute atomic E-state index is 11.8. The maximum Gasteiger partial charge on any atom is 0.177 e. The zero-order valence-electron chi connectivity index (χ0n) is 9.69. The van der Waals surface area contributed by atoms with Crippen LogP contribution in [0.1, 0.15) is 0 Å². The van der Waals surface area contributed by atoms with Crippen molar-refractivity contribution in [3.8, 4) is 0 Å². The molecule has 0 aliphatic carbocycles. The number of hydrogen-bond acceptors (Lipinski definition) is 3. The second-order valence-corrected chi connectivity index (χ2v) is 6.66. The molecule has 2 rings (SSSR count). The van der Waals surface area contributed by atoms with Crippen LogP contribution >= 0.6 is 11.6 Å². The zero-order valence-corrected chi connectivity index (χ0v) is 11.3. The van der Waals surface area contributed by atoms with Gasteiger partial charge in [0.2, 0.25) is 0 Å². The Morgan fingerprint density at radius 1 is 1.29 bits per heavy atom. The molecule has 17 heavy (non-hydrogen) atoms. The lowest BCUT2D eigenvalue weighted by Gasteiger charge is -2.28. The van der Waals surface area contributed by atoms with Crippen LogP contribution in [-0.2, 0) is 9.84 Å². The molecule has 0 saturated carbocycles. The van der Waals surface area contributed by atoms with E-state index in [0.717, 1.165) is 31.9 Å². The molecule has 0 bridgehead atoms. The first-order valence-electron chi connectivity index (χ1n) is 5.55. The maximum atomic E-state index is 11.8. The summed E-state index contributed by atoms with van der Waals surface area (Å²) in [4.78, 5) is 2.43. The zero-order chi connectivity index (χ0) is 12.5. The molecule has 0 atom stereocenters. The van der Waals surface area contributed by atoms with Crippen LogP contribution in [0, 0.1) is 0 Å². The van der Waals surface area contributed by atoms with Crippen molar-refractivity contribution in [1.82, 2.24) is 0 Å². The van der Waals surface area contributed by atoms with Crippen molar-refractivity contribution in [2.45, 2.75) is 4.90 Å². The van der Waals surface area contributed by atoms with E-state index in [0.29, 0.717) is 9.92 Å². The number of rotatable bonds is 2. The van der Waals surface area contributed by atoms with Gasteiger partial charge in [-0.3, -0.25) is 0 Å². The molecule has 0 unspecified atom stereocenters. The lowest BCUT2D eigenvalue weighted by molar-refractivity contribution is -0.655. The van der Waals surface area contributed by atoms with E-state index in [9.17, 15) is 8.42 Å². The normalized spacial score (nSPS) is 17.2. The first kappa shape index (κ1) is 12.7. The Balaban J connectivity index is 2.45. The van der Waals surface area contributed by atoms with Gasteiger partial charge in [0.25, 0.3) is 0 Å². The fraction of sp³-hybridized carbons (Fsp3) is 0.455. The number of sulfone groups is 1. The lowest BCUT2D eigenvalue weighted by Crippen LogP contribution is -2.89. The second kappa shape index (κ2) is 4.84. The molecular weight excluding hydrogens is 260 g/mol. The Hall–Kier alpha value is -0.780. The predicted octanol–water partition coefficient (Wildman–Crippen LogP) is 0.127. The van der Waals surface area contributed by atoms with Gasteiger partial charge in [-0.05, 0) is 18.2 Å². The topological polar surface area (TPSA) is 54.0 Å². The smallest absolute Gasteiger partial charge is 0.177 e. The minimum Gasteiger partial charge on any atom is -0.359 e. The van der Waals surface area contributed by atoms with Crippen molar-refractivity contribution in [2.75, 3.05) is 37.3 Å². The summed E-state index contributed by atoms with van der Waals surface area (Å²) >= 11 is 5.87. The molecule has 0 amide bonds. The van der Waals surface area contributed by atoms with Gasteiger partial charge in [-0.15, -0.1) is 0 Å². The highest BCUT2D eigenvalue weighted by Gasteiger charge is 2.21. The Bertz CT molecular complexity index is 510. The van der Waals surface area contributed by atoms with E-state index in [1.165, 1.54) is 12.3 Å². The molecule has 1 heterocycles. The van der Waals surface area contributed by atoms with Crippen LogP contribution in [0.4, 0.5) is 5.69 Å². The number of nitrogens with zero attached hydrogens (tertiary/aromatic N) is 1. The summed E-state index contributed by atoms with van der Waals surface area (Å²) in [5.74, 6) is 0. The van der Waals surface area contributed by atoms with Crippen molar-refractivity contribution in [3.05, 3.63) is 23.2 Å². The highest BCUT2D eigenvalue weighted by molar-refractivity contribution is 7.90. The number of quaternary nitrogens is 1. The van der Waals surface area contributed by atoms with Crippen LogP contribution in [0.25, 0.3) is 0 Å². The molecule has 1 aromatic carbocycles. The Labute approximate surface area is 106 Å². The predicted molar refractivity (Wildman–Crippen MR) is 68.4 cm³/mol. The van der Waals surface area contributed by atoms with Crippen LogP contribution < -0.4 is 10.2 Å².